The molecule has 1 heterocycles. The molecule has 7 nitrogen and oxygen atoms in total. The molecular weight excluding hydrogens is 438 g/mol. The van der Waals surface area contributed by atoms with Crippen molar-refractivity contribution in [3.05, 3.63) is 53.1 Å². The van der Waals surface area contributed by atoms with Crippen molar-refractivity contribution < 1.29 is 18.0 Å². The zero-order valence-corrected chi connectivity index (χ0v) is 19.2. The van der Waals surface area contributed by atoms with Crippen LogP contribution in [0, 0.1) is 6.92 Å². The second-order valence-corrected chi connectivity index (χ2v) is 9.88. The molecule has 0 unspecified atom stereocenters. The van der Waals surface area contributed by atoms with Gasteiger partial charge in [-0.05, 0) is 55.7 Å². The van der Waals surface area contributed by atoms with Crippen LogP contribution in [0.2, 0.25) is 5.02 Å². The molecule has 3 rings (SSSR count). The summed E-state index contributed by atoms with van der Waals surface area (Å²) in [4.78, 5) is 26.1. The minimum atomic E-state index is -3.53. The van der Waals surface area contributed by atoms with E-state index < -0.39 is 10.0 Å². The van der Waals surface area contributed by atoms with E-state index in [4.69, 9.17) is 11.6 Å². The van der Waals surface area contributed by atoms with Crippen molar-refractivity contribution in [2.45, 2.75) is 32.6 Å². The summed E-state index contributed by atoms with van der Waals surface area (Å²) < 4.78 is 25.9. The Kier molecular flexibility index (Phi) is 7.23. The van der Waals surface area contributed by atoms with Crippen molar-refractivity contribution in [3.8, 4) is 0 Å². The fourth-order valence-electron chi connectivity index (χ4n) is 3.61. The summed E-state index contributed by atoms with van der Waals surface area (Å²) in [6.45, 7) is 2.61. The number of sulfonamides is 1. The number of hydrogen-bond donors (Lipinski definition) is 1. The number of amides is 2. The Morgan fingerprint density at radius 3 is 2.65 bits per heavy atom. The minimum Gasteiger partial charge on any atom is -0.326 e. The van der Waals surface area contributed by atoms with Crippen LogP contribution < -0.4 is 14.5 Å². The highest BCUT2D eigenvalue weighted by molar-refractivity contribution is 7.92. The van der Waals surface area contributed by atoms with Gasteiger partial charge in [0.25, 0.3) is 0 Å². The Morgan fingerprint density at radius 2 is 1.97 bits per heavy atom. The zero-order chi connectivity index (χ0) is 22.6. The van der Waals surface area contributed by atoms with Crippen LogP contribution in [-0.4, -0.2) is 39.6 Å². The first-order valence-electron chi connectivity index (χ1n) is 10.1. The molecule has 1 aliphatic rings. The number of hydrogen-bond acceptors (Lipinski definition) is 4. The predicted octanol–water partition coefficient (Wildman–Crippen LogP) is 3.96. The van der Waals surface area contributed by atoms with Gasteiger partial charge in [-0.15, -0.1) is 0 Å². The van der Waals surface area contributed by atoms with Gasteiger partial charge in [0, 0.05) is 42.3 Å². The van der Waals surface area contributed by atoms with Gasteiger partial charge in [0.15, 0.2) is 0 Å². The SMILES string of the molecule is Cc1c(Cl)cccc1N(CCCC(=O)Nc1cccc(N2CCCC2=O)c1)S(C)(=O)=O. The fraction of sp³-hybridized carbons (Fsp3) is 0.364. The molecule has 166 valence electrons. The Balaban J connectivity index is 1.61. The highest BCUT2D eigenvalue weighted by Crippen LogP contribution is 2.28. The molecule has 1 N–H and O–H groups in total. The van der Waals surface area contributed by atoms with E-state index >= 15 is 0 Å². The average molecular weight is 464 g/mol. The molecule has 0 aliphatic carbocycles. The lowest BCUT2D eigenvalue weighted by atomic mass is 10.2. The van der Waals surface area contributed by atoms with Crippen molar-refractivity contribution in [2.75, 3.05) is 33.9 Å². The standard InChI is InChI=1S/C22H26ClN3O4S/c1-16-19(23)9-4-10-20(16)26(31(2,29)30)14-5-11-21(27)24-17-7-3-8-18(15-17)25-13-6-12-22(25)28/h3-4,7-10,15H,5-6,11-14H2,1-2H3,(H,24,27). The van der Waals surface area contributed by atoms with Crippen LogP contribution in [0.1, 0.15) is 31.2 Å². The number of carbonyl (C=O) groups is 2. The molecule has 1 fully saturated rings. The number of anilines is 3. The van der Waals surface area contributed by atoms with E-state index in [2.05, 4.69) is 5.32 Å². The van der Waals surface area contributed by atoms with Crippen LogP contribution in [0.3, 0.4) is 0 Å². The maximum absolute atomic E-state index is 12.4. The molecule has 0 bridgehead atoms. The quantitative estimate of drug-likeness (QED) is 0.641. The van der Waals surface area contributed by atoms with E-state index in [1.807, 2.05) is 6.07 Å². The molecule has 0 saturated carbocycles. The Bertz CT molecular complexity index is 1090. The van der Waals surface area contributed by atoms with Crippen molar-refractivity contribution in [1.82, 2.24) is 0 Å². The summed E-state index contributed by atoms with van der Waals surface area (Å²) >= 11 is 6.14. The average Bonchev–Trinajstić information content (AvgIpc) is 3.13. The van der Waals surface area contributed by atoms with E-state index in [1.54, 1.807) is 48.2 Å². The number of halogens is 1. The van der Waals surface area contributed by atoms with Gasteiger partial charge < -0.3 is 10.2 Å². The van der Waals surface area contributed by atoms with E-state index in [-0.39, 0.29) is 24.8 Å². The van der Waals surface area contributed by atoms with Crippen LogP contribution >= 0.6 is 11.6 Å². The maximum atomic E-state index is 12.4. The molecule has 1 aliphatic heterocycles. The van der Waals surface area contributed by atoms with E-state index in [0.29, 0.717) is 41.3 Å². The molecule has 2 aromatic rings. The molecule has 0 atom stereocenters. The maximum Gasteiger partial charge on any atom is 0.232 e. The van der Waals surface area contributed by atoms with E-state index in [9.17, 15) is 18.0 Å². The number of nitrogens with one attached hydrogen (secondary N) is 1. The van der Waals surface area contributed by atoms with Gasteiger partial charge in [0.1, 0.15) is 0 Å². The molecule has 0 aromatic heterocycles. The number of nitrogens with zero attached hydrogens (tertiary/aromatic N) is 2. The molecule has 9 heteroatoms. The fourth-order valence-corrected chi connectivity index (χ4v) is 4.80. The predicted molar refractivity (Wildman–Crippen MR) is 124 cm³/mol. The van der Waals surface area contributed by atoms with Gasteiger partial charge in [-0.25, -0.2) is 8.42 Å². The molecule has 2 amide bonds. The van der Waals surface area contributed by atoms with Crippen molar-refractivity contribution in [2.24, 2.45) is 0 Å². The first-order chi connectivity index (χ1) is 14.7. The molecule has 31 heavy (non-hydrogen) atoms. The van der Waals surface area contributed by atoms with Crippen LogP contribution in [0.4, 0.5) is 17.1 Å². The summed E-state index contributed by atoms with van der Waals surface area (Å²) in [5.41, 5.74) is 2.55. The highest BCUT2D eigenvalue weighted by atomic mass is 35.5. The first-order valence-corrected chi connectivity index (χ1v) is 12.3. The molecule has 0 spiro atoms. The lowest BCUT2D eigenvalue weighted by Crippen LogP contribution is -2.32. The Hall–Kier alpha value is -2.58. The lowest BCUT2D eigenvalue weighted by Gasteiger charge is -2.24. The van der Waals surface area contributed by atoms with Gasteiger partial charge in [-0.2, -0.15) is 0 Å². The summed E-state index contributed by atoms with van der Waals surface area (Å²) in [5, 5.41) is 3.31. The van der Waals surface area contributed by atoms with Crippen LogP contribution in [0.25, 0.3) is 0 Å². The van der Waals surface area contributed by atoms with Crippen molar-refractivity contribution in [1.29, 1.82) is 0 Å². The van der Waals surface area contributed by atoms with Gasteiger partial charge in [-0.1, -0.05) is 23.7 Å². The Morgan fingerprint density at radius 1 is 1.23 bits per heavy atom. The topological polar surface area (TPSA) is 86.8 Å². The number of benzene rings is 2. The summed E-state index contributed by atoms with van der Waals surface area (Å²) in [6.07, 6.45) is 3.00. The van der Waals surface area contributed by atoms with Gasteiger partial charge in [0.05, 0.1) is 11.9 Å². The lowest BCUT2D eigenvalue weighted by molar-refractivity contribution is -0.117. The number of carbonyl (C=O) groups excluding carboxylic acids is 2. The Labute approximate surface area is 188 Å². The van der Waals surface area contributed by atoms with E-state index in [1.165, 1.54) is 4.31 Å². The van der Waals surface area contributed by atoms with Crippen molar-refractivity contribution >= 4 is 50.5 Å². The van der Waals surface area contributed by atoms with E-state index in [0.717, 1.165) is 18.4 Å². The third-order valence-corrected chi connectivity index (χ3v) is 6.78. The highest BCUT2D eigenvalue weighted by Gasteiger charge is 2.22. The van der Waals surface area contributed by atoms with Crippen molar-refractivity contribution in [3.63, 3.8) is 0 Å². The second kappa shape index (κ2) is 9.70. The summed E-state index contributed by atoms with van der Waals surface area (Å²) in [6, 6.07) is 12.3. The summed E-state index contributed by atoms with van der Waals surface area (Å²) in [5.74, 6) is -0.137. The largest absolute Gasteiger partial charge is 0.326 e. The minimum absolute atomic E-state index is 0.0839. The smallest absolute Gasteiger partial charge is 0.232 e. The molecular formula is C22H26ClN3O4S. The molecule has 1 saturated heterocycles. The second-order valence-electron chi connectivity index (χ2n) is 7.57. The monoisotopic (exact) mass is 463 g/mol. The zero-order valence-electron chi connectivity index (χ0n) is 17.6. The van der Waals surface area contributed by atoms with Gasteiger partial charge in [0.2, 0.25) is 21.8 Å². The normalized spacial score (nSPS) is 14.0. The van der Waals surface area contributed by atoms with Gasteiger partial charge in [-0.3, -0.25) is 13.9 Å². The number of rotatable bonds is 8. The third-order valence-electron chi connectivity index (χ3n) is 5.19. The van der Waals surface area contributed by atoms with Gasteiger partial charge >= 0.3 is 0 Å². The van der Waals surface area contributed by atoms with Crippen LogP contribution in [-0.2, 0) is 19.6 Å². The third kappa shape index (κ3) is 5.77. The molecule has 2 aromatic carbocycles. The van der Waals surface area contributed by atoms with Crippen LogP contribution in [0.5, 0.6) is 0 Å². The molecule has 0 radical (unpaired) electrons. The summed E-state index contributed by atoms with van der Waals surface area (Å²) in [7, 11) is -3.53. The van der Waals surface area contributed by atoms with Crippen LogP contribution in [0.15, 0.2) is 42.5 Å². The first kappa shape index (κ1) is 23.1.